The maximum Gasteiger partial charge on any atom is 0.132 e. The molecular weight excluding hydrogens is 214 g/mol. The quantitative estimate of drug-likeness (QED) is 0.853. The van der Waals surface area contributed by atoms with Crippen LogP contribution in [-0.2, 0) is 13.7 Å². The van der Waals surface area contributed by atoms with Gasteiger partial charge in [0.2, 0.25) is 0 Å². The average molecular weight is 237 g/mol. The van der Waals surface area contributed by atoms with E-state index in [1.807, 2.05) is 18.7 Å². The molecule has 2 atom stereocenters. The van der Waals surface area contributed by atoms with E-state index in [2.05, 4.69) is 23.8 Å². The second-order valence-electron chi connectivity index (χ2n) is 5.35. The van der Waals surface area contributed by atoms with Crippen molar-refractivity contribution in [2.45, 2.75) is 46.3 Å². The van der Waals surface area contributed by atoms with Gasteiger partial charge in [-0.05, 0) is 32.6 Å². The van der Waals surface area contributed by atoms with Crippen LogP contribution in [-0.4, -0.2) is 27.5 Å². The molecule has 2 unspecified atom stereocenters. The van der Waals surface area contributed by atoms with Crippen molar-refractivity contribution >= 4 is 5.82 Å². The van der Waals surface area contributed by atoms with E-state index in [1.165, 1.54) is 12.8 Å². The second kappa shape index (κ2) is 4.69. The van der Waals surface area contributed by atoms with E-state index in [9.17, 15) is 5.11 Å². The number of aliphatic hydroxyl groups is 1. The molecule has 0 aliphatic carbocycles. The summed E-state index contributed by atoms with van der Waals surface area (Å²) >= 11 is 0. The molecule has 1 aromatic heterocycles. The summed E-state index contributed by atoms with van der Waals surface area (Å²) < 4.78 is 1.91. The first kappa shape index (κ1) is 12.4. The van der Waals surface area contributed by atoms with E-state index in [0.717, 1.165) is 23.6 Å². The Morgan fingerprint density at radius 2 is 2.06 bits per heavy atom. The van der Waals surface area contributed by atoms with Gasteiger partial charge in [-0.1, -0.05) is 6.92 Å². The van der Waals surface area contributed by atoms with Gasteiger partial charge in [0.05, 0.1) is 12.3 Å². The van der Waals surface area contributed by atoms with Gasteiger partial charge >= 0.3 is 0 Å². The van der Waals surface area contributed by atoms with Crippen molar-refractivity contribution in [3.63, 3.8) is 0 Å². The zero-order valence-electron chi connectivity index (χ0n) is 11.3. The summed E-state index contributed by atoms with van der Waals surface area (Å²) in [7, 11) is 1.97. The van der Waals surface area contributed by atoms with E-state index in [1.54, 1.807) is 0 Å². The molecular formula is C13H23N3O. The van der Waals surface area contributed by atoms with E-state index in [4.69, 9.17) is 0 Å². The van der Waals surface area contributed by atoms with E-state index >= 15 is 0 Å². The first-order valence-electron chi connectivity index (χ1n) is 6.44. The summed E-state index contributed by atoms with van der Waals surface area (Å²) in [6.45, 7) is 7.66. The average Bonchev–Trinajstić information content (AvgIpc) is 2.56. The van der Waals surface area contributed by atoms with Crippen LogP contribution in [0.25, 0.3) is 0 Å². The molecule has 2 heterocycles. The van der Waals surface area contributed by atoms with Crippen LogP contribution in [0.5, 0.6) is 0 Å². The molecule has 0 radical (unpaired) electrons. The number of hydrogen-bond donors (Lipinski definition) is 1. The minimum atomic E-state index is 0.0760. The third-order valence-electron chi connectivity index (χ3n) is 3.86. The van der Waals surface area contributed by atoms with Crippen LogP contribution in [0, 0.1) is 12.8 Å². The van der Waals surface area contributed by atoms with Gasteiger partial charge in [0.15, 0.2) is 0 Å². The molecule has 0 bridgehead atoms. The number of piperidine rings is 1. The van der Waals surface area contributed by atoms with Gasteiger partial charge in [-0.3, -0.25) is 4.68 Å². The lowest BCUT2D eigenvalue weighted by atomic mass is 9.94. The maximum atomic E-state index is 9.52. The Hall–Kier alpha value is -1.03. The van der Waals surface area contributed by atoms with Crippen molar-refractivity contribution in [2.24, 2.45) is 13.0 Å². The third kappa shape index (κ3) is 2.18. The van der Waals surface area contributed by atoms with Crippen LogP contribution in [0.4, 0.5) is 5.82 Å². The molecule has 0 saturated carbocycles. The summed E-state index contributed by atoms with van der Waals surface area (Å²) in [6.07, 6.45) is 2.51. The van der Waals surface area contributed by atoms with Crippen LogP contribution in [0.15, 0.2) is 0 Å². The molecule has 1 aliphatic rings. The fraction of sp³-hybridized carbons (Fsp3) is 0.769. The molecule has 1 N–H and O–H groups in total. The Balaban J connectivity index is 2.37. The number of nitrogens with zero attached hydrogens (tertiary/aromatic N) is 3. The second-order valence-corrected chi connectivity index (χ2v) is 5.35. The molecule has 17 heavy (non-hydrogen) atoms. The summed E-state index contributed by atoms with van der Waals surface area (Å²) in [5, 5.41) is 13.9. The van der Waals surface area contributed by atoms with Crippen molar-refractivity contribution in [1.82, 2.24) is 9.78 Å². The predicted octanol–water partition coefficient (Wildman–Crippen LogP) is 1.85. The molecule has 2 rings (SSSR count). The fourth-order valence-electron chi connectivity index (χ4n) is 2.82. The van der Waals surface area contributed by atoms with Gasteiger partial charge < -0.3 is 10.0 Å². The first-order valence-corrected chi connectivity index (χ1v) is 6.44. The predicted molar refractivity (Wildman–Crippen MR) is 69.1 cm³/mol. The Morgan fingerprint density at radius 1 is 1.35 bits per heavy atom. The number of anilines is 1. The number of rotatable bonds is 2. The highest BCUT2D eigenvalue weighted by molar-refractivity contribution is 5.51. The molecule has 1 aliphatic heterocycles. The first-order chi connectivity index (χ1) is 8.04. The highest BCUT2D eigenvalue weighted by Crippen LogP contribution is 2.31. The summed E-state index contributed by atoms with van der Waals surface area (Å²) in [5.41, 5.74) is 1.92. The summed E-state index contributed by atoms with van der Waals surface area (Å²) in [5.74, 6) is 1.82. The molecule has 1 fully saturated rings. The number of aliphatic hydroxyl groups excluding tert-OH is 1. The Bertz CT molecular complexity index is 400. The Labute approximate surface area is 103 Å². The number of hydrogen-bond acceptors (Lipinski definition) is 3. The Morgan fingerprint density at radius 3 is 2.71 bits per heavy atom. The van der Waals surface area contributed by atoms with Crippen molar-refractivity contribution in [3.8, 4) is 0 Å². The number of aromatic nitrogens is 2. The lowest BCUT2D eigenvalue weighted by Gasteiger charge is -2.38. The van der Waals surface area contributed by atoms with Crippen molar-refractivity contribution in [1.29, 1.82) is 0 Å². The van der Waals surface area contributed by atoms with Gasteiger partial charge in [0.25, 0.3) is 0 Å². The Kier molecular flexibility index (Phi) is 3.43. The molecule has 1 saturated heterocycles. The third-order valence-corrected chi connectivity index (χ3v) is 3.86. The largest absolute Gasteiger partial charge is 0.391 e. The van der Waals surface area contributed by atoms with Gasteiger partial charge in [-0.25, -0.2) is 0 Å². The van der Waals surface area contributed by atoms with Crippen LogP contribution in [0.2, 0.25) is 0 Å². The molecule has 0 spiro atoms. The minimum Gasteiger partial charge on any atom is -0.391 e. The molecule has 0 amide bonds. The van der Waals surface area contributed by atoms with Crippen LogP contribution >= 0.6 is 0 Å². The SMILES string of the molecule is Cc1nn(C)c(N2CC(C)CCC2C)c1CO. The normalized spacial score (nSPS) is 25.4. The van der Waals surface area contributed by atoms with Crippen LogP contribution in [0.3, 0.4) is 0 Å². The summed E-state index contributed by atoms with van der Waals surface area (Å²) in [4.78, 5) is 2.40. The van der Waals surface area contributed by atoms with E-state index in [-0.39, 0.29) is 6.61 Å². The lowest BCUT2D eigenvalue weighted by Crippen LogP contribution is -2.42. The van der Waals surface area contributed by atoms with Gasteiger partial charge in [0, 0.05) is 25.2 Å². The van der Waals surface area contributed by atoms with Gasteiger partial charge in [0.1, 0.15) is 5.82 Å². The summed E-state index contributed by atoms with van der Waals surface area (Å²) in [6, 6.07) is 0.534. The fourth-order valence-corrected chi connectivity index (χ4v) is 2.82. The highest BCUT2D eigenvalue weighted by atomic mass is 16.3. The van der Waals surface area contributed by atoms with Crippen molar-refractivity contribution in [3.05, 3.63) is 11.3 Å². The molecule has 4 nitrogen and oxygen atoms in total. The molecule has 0 aromatic carbocycles. The number of aryl methyl sites for hydroxylation is 2. The van der Waals surface area contributed by atoms with Crippen LogP contribution < -0.4 is 4.90 Å². The minimum absolute atomic E-state index is 0.0760. The van der Waals surface area contributed by atoms with Crippen molar-refractivity contribution in [2.75, 3.05) is 11.4 Å². The smallest absolute Gasteiger partial charge is 0.132 e. The molecule has 4 heteroatoms. The van der Waals surface area contributed by atoms with Gasteiger partial charge in [-0.2, -0.15) is 5.10 Å². The highest BCUT2D eigenvalue weighted by Gasteiger charge is 2.27. The van der Waals surface area contributed by atoms with Crippen molar-refractivity contribution < 1.29 is 5.11 Å². The monoisotopic (exact) mass is 237 g/mol. The zero-order chi connectivity index (χ0) is 12.6. The molecule has 96 valence electrons. The zero-order valence-corrected chi connectivity index (χ0v) is 11.3. The van der Waals surface area contributed by atoms with E-state index < -0.39 is 0 Å². The standard InChI is InChI=1S/C13H23N3O/c1-9-5-6-10(2)16(7-9)13-12(8-17)11(3)14-15(13)4/h9-10,17H,5-8H2,1-4H3. The van der Waals surface area contributed by atoms with Gasteiger partial charge in [-0.15, -0.1) is 0 Å². The van der Waals surface area contributed by atoms with Crippen LogP contribution in [0.1, 0.15) is 37.9 Å². The lowest BCUT2D eigenvalue weighted by molar-refractivity contribution is 0.280. The van der Waals surface area contributed by atoms with E-state index in [0.29, 0.717) is 12.0 Å². The maximum absolute atomic E-state index is 9.52. The topological polar surface area (TPSA) is 41.3 Å². The molecule has 1 aromatic rings.